The molecule has 0 spiro atoms. The van der Waals surface area contributed by atoms with Crippen molar-refractivity contribution >= 4 is 23.4 Å². The van der Waals surface area contributed by atoms with Crippen LogP contribution in [0.15, 0.2) is 34.6 Å². The lowest BCUT2D eigenvalue weighted by atomic mass is 10.1. The number of carbonyl (C=O) groups is 1. The highest BCUT2D eigenvalue weighted by Gasteiger charge is 2.35. The van der Waals surface area contributed by atoms with E-state index in [0.29, 0.717) is 22.2 Å². The molecular formula is C21H24N8O3S. The van der Waals surface area contributed by atoms with Crippen molar-refractivity contribution in [2.75, 3.05) is 6.54 Å². The molecule has 33 heavy (non-hydrogen) atoms. The quantitative estimate of drug-likeness (QED) is 0.413. The van der Waals surface area contributed by atoms with Gasteiger partial charge in [-0.3, -0.25) is 14.9 Å². The number of hydrogen-bond acceptors (Lipinski definition) is 8. The van der Waals surface area contributed by atoms with E-state index < -0.39 is 4.92 Å². The maximum absolute atomic E-state index is 13.5. The van der Waals surface area contributed by atoms with Gasteiger partial charge in [0.15, 0.2) is 11.0 Å². The summed E-state index contributed by atoms with van der Waals surface area (Å²) in [7, 11) is 1.77. The van der Waals surface area contributed by atoms with Crippen LogP contribution >= 0.6 is 11.8 Å². The van der Waals surface area contributed by atoms with Crippen LogP contribution in [-0.2, 0) is 20.0 Å². The van der Waals surface area contributed by atoms with Crippen molar-refractivity contribution in [3.63, 3.8) is 0 Å². The molecule has 0 N–H and O–H groups in total. The van der Waals surface area contributed by atoms with Gasteiger partial charge in [0.25, 0.3) is 11.6 Å². The Hall–Kier alpha value is -3.28. The van der Waals surface area contributed by atoms with Gasteiger partial charge in [0.1, 0.15) is 12.2 Å². The zero-order chi connectivity index (χ0) is 22.9. The van der Waals surface area contributed by atoms with Crippen molar-refractivity contribution in [3.8, 4) is 0 Å². The Morgan fingerprint density at radius 1 is 1.15 bits per heavy atom. The lowest BCUT2D eigenvalue weighted by Gasteiger charge is -2.25. The number of carbonyl (C=O) groups excluding carboxylic acids is 1. The fourth-order valence-corrected chi connectivity index (χ4v) is 5.39. The minimum Gasteiger partial charge on any atom is -0.328 e. The molecule has 11 nitrogen and oxygen atoms in total. The summed E-state index contributed by atoms with van der Waals surface area (Å²) in [5.74, 6) is 1.60. The minimum atomic E-state index is -0.463. The van der Waals surface area contributed by atoms with Gasteiger partial charge in [0.05, 0.1) is 15.9 Å². The van der Waals surface area contributed by atoms with Crippen LogP contribution in [0.4, 0.5) is 5.69 Å². The second-order valence-corrected chi connectivity index (χ2v) is 9.37. The summed E-state index contributed by atoms with van der Waals surface area (Å²) < 4.78 is 3.86. The van der Waals surface area contributed by atoms with E-state index in [1.165, 1.54) is 18.8 Å². The number of amides is 1. The number of aryl methyl sites for hydroxylation is 2. The first kappa shape index (κ1) is 21.6. The molecule has 3 aromatic rings. The average Bonchev–Trinajstić information content (AvgIpc) is 3.50. The summed E-state index contributed by atoms with van der Waals surface area (Å²) in [5.41, 5.74) is 0.174. The van der Waals surface area contributed by atoms with Gasteiger partial charge < -0.3 is 14.0 Å². The normalized spacial score (nSPS) is 18.2. The predicted octanol–water partition coefficient (Wildman–Crippen LogP) is 3.17. The van der Waals surface area contributed by atoms with E-state index in [4.69, 9.17) is 0 Å². The van der Waals surface area contributed by atoms with Gasteiger partial charge in [-0.1, -0.05) is 6.42 Å². The van der Waals surface area contributed by atoms with Gasteiger partial charge in [-0.15, -0.1) is 20.4 Å². The Morgan fingerprint density at radius 2 is 2.03 bits per heavy atom. The zero-order valence-corrected chi connectivity index (χ0v) is 19.1. The van der Waals surface area contributed by atoms with E-state index in [9.17, 15) is 14.9 Å². The number of fused-ring (bicyclic) bond motifs is 1. The van der Waals surface area contributed by atoms with E-state index in [-0.39, 0.29) is 17.6 Å². The van der Waals surface area contributed by atoms with Gasteiger partial charge in [-0.2, -0.15) is 0 Å². The number of rotatable bonds is 5. The molecule has 1 amide bonds. The summed E-state index contributed by atoms with van der Waals surface area (Å²) in [4.78, 5) is 27.0. The lowest BCUT2D eigenvalue weighted by Crippen LogP contribution is -2.32. The third-order valence-corrected chi connectivity index (χ3v) is 7.34. The number of nitro benzene ring substituents is 1. The summed E-state index contributed by atoms with van der Waals surface area (Å²) in [6.07, 6.45) is 7.46. The molecule has 2 aliphatic rings. The molecule has 2 aromatic heterocycles. The van der Waals surface area contributed by atoms with E-state index in [0.717, 1.165) is 62.1 Å². The minimum absolute atomic E-state index is 0.124. The molecular weight excluding hydrogens is 444 g/mol. The van der Waals surface area contributed by atoms with Gasteiger partial charge in [0, 0.05) is 38.2 Å². The second-order valence-electron chi connectivity index (χ2n) is 8.36. The van der Waals surface area contributed by atoms with Crippen molar-refractivity contribution in [2.45, 2.75) is 61.2 Å². The maximum Gasteiger partial charge on any atom is 0.284 e. The highest BCUT2D eigenvalue weighted by Crippen LogP contribution is 2.37. The van der Waals surface area contributed by atoms with E-state index in [2.05, 4.69) is 25.0 Å². The van der Waals surface area contributed by atoms with Crippen molar-refractivity contribution < 1.29 is 9.72 Å². The number of nitro groups is 1. The topological polar surface area (TPSA) is 125 Å². The molecule has 5 rings (SSSR count). The van der Waals surface area contributed by atoms with Crippen LogP contribution in [-0.4, -0.2) is 51.8 Å². The van der Waals surface area contributed by atoms with Crippen molar-refractivity contribution in [1.29, 1.82) is 0 Å². The molecule has 172 valence electrons. The van der Waals surface area contributed by atoms with Crippen molar-refractivity contribution in [2.24, 2.45) is 7.05 Å². The zero-order valence-electron chi connectivity index (χ0n) is 18.3. The Balaban J connectivity index is 1.43. The third kappa shape index (κ3) is 4.10. The number of hydrogen-bond donors (Lipinski definition) is 0. The lowest BCUT2D eigenvalue weighted by molar-refractivity contribution is -0.387. The van der Waals surface area contributed by atoms with E-state index in [1.807, 2.05) is 0 Å². The molecule has 1 unspecified atom stereocenters. The Morgan fingerprint density at radius 3 is 2.82 bits per heavy atom. The van der Waals surface area contributed by atoms with Crippen molar-refractivity contribution in [3.05, 3.63) is 51.9 Å². The Labute approximate surface area is 194 Å². The third-order valence-electron chi connectivity index (χ3n) is 6.22. The van der Waals surface area contributed by atoms with Crippen LogP contribution in [0.1, 0.15) is 60.2 Å². The predicted molar refractivity (Wildman–Crippen MR) is 119 cm³/mol. The standard InChI is InChI=1S/C21H24N8O3S/c1-26-13-22-25-21(26)33-17-9-8-14(12-16(17)29(31)32)20(30)27-11-5-6-15(27)19-24-23-18-7-3-2-4-10-28(18)19/h8-9,12-13,15H,2-7,10-11H2,1H3. The van der Waals surface area contributed by atoms with Crippen LogP contribution in [0.25, 0.3) is 0 Å². The molecule has 1 aromatic carbocycles. The molecule has 0 bridgehead atoms. The van der Waals surface area contributed by atoms with Gasteiger partial charge in [-0.05, 0) is 49.6 Å². The number of aromatic nitrogens is 6. The molecule has 1 atom stereocenters. The average molecular weight is 469 g/mol. The smallest absolute Gasteiger partial charge is 0.284 e. The Kier molecular flexibility index (Phi) is 5.83. The van der Waals surface area contributed by atoms with Crippen LogP contribution in [0, 0.1) is 10.1 Å². The molecule has 12 heteroatoms. The molecule has 2 aliphatic heterocycles. The summed E-state index contributed by atoms with van der Waals surface area (Å²) in [6.45, 7) is 1.46. The molecule has 0 aliphatic carbocycles. The first-order valence-electron chi connectivity index (χ1n) is 11.1. The summed E-state index contributed by atoms with van der Waals surface area (Å²) in [6, 6.07) is 4.46. The van der Waals surface area contributed by atoms with E-state index >= 15 is 0 Å². The van der Waals surface area contributed by atoms with Gasteiger partial charge in [0.2, 0.25) is 0 Å². The Bertz CT molecular complexity index is 1210. The largest absolute Gasteiger partial charge is 0.328 e. The molecule has 1 fully saturated rings. The second kappa shape index (κ2) is 8.93. The number of nitrogens with zero attached hydrogens (tertiary/aromatic N) is 8. The van der Waals surface area contributed by atoms with E-state index in [1.54, 1.807) is 28.6 Å². The summed E-state index contributed by atoms with van der Waals surface area (Å²) >= 11 is 1.15. The fourth-order valence-electron chi connectivity index (χ4n) is 4.54. The van der Waals surface area contributed by atoms with Crippen LogP contribution < -0.4 is 0 Å². The first-order valence-corrected chi connectivity index (χ1v) is 11.9. The number of likely N-dealkylation sites (tertiary alicyclic amines) is 1. The highest BCUT2D eigenvalue weighted by atomic mass is 32.2. The van der Waals surface area contributed by atoms with Crippen LogP contribution in [0.3, 0.4) is 0 Å². The molecule has 4 heterocycles. The van der Waals surface area contributed by atoms with Crippen LogP contribution in [0.2, 0.25) is 0 Å². The monoisotopic (exact) mass is 468 g/mol. The first-order chi connectivity index (χ1) is 16.0. The van der Waals surface area contributed by atoms with Crippen molar-refractivity contribution in [1.82, 2.24) is 34.4 Å². The van der Waals surface area contributed by atoms with Gasteiger partial charge >= 0.3 is 0 Å². The molecule has 0 saturated carbocycles. The van der Waals surface area contributed by atoms with Crippen LogP contribution in [0.5, 0.6) is 0 Å². The summed E-state index contributed by atoms with van der Waals surface area (Å²) in [5, 5.41) is 28.9. The molecule has 0 radical (unpaired) electrons. The SMILES string of the molecule is Cn1cnnc1Sc1ccc(C(=O)N2CCCC2c2nnc3n2CCCCC3)cc1[N+](=O)[O-]. The van der Waals surface area contributed by atoms with Gasteiger partial charge in [-0.25, -0.2) is 0 Å². The maximum atomic E-state index is 13.5. The number of benzene rings is 1. The molecule has 1 saturated heterocycles. The highest BCUT2D eigenvalue weighted by molar-refractivity contribution is 7.99. The fraction of sp³-hybridized carbons (Fsp3) is 0.476.